The van der Waals surface area contributed by atoms with E-state index in [0.717, 1.165) is 12.2 Å². The fraction of sp³-hybridized carbons (Fsp3) is 0.533. The van der Waals surface area contributed by atoms with Gasteiger partial charge in [0.15, 0.2) is 0 Å². The van der Waals surface area contributed by atoms with E-state index in [0.29, 0.717) is 11.6 Å². The molecule has 0 aliphatic carbocycles. The Bertz CT molecular complexity index is 411. The molecule has 19 heavy (non-hydrogen) atoms. The van der Waals surface area contributed by atoms with Gasteiger partial charge in [0, 0.05) is 18.3 Å². The zero-order valence-electron chi connectivity index (χ0n) is 11.4. The predicted molar refractivity (Wildman–Crippen MR) is 76.8 cm³/mol. The fourth-order valence-corrected chi connectivity index (χ4v) is 2.48. The number of benzene rings is 1. The summed E-state index contributed by atoms with van der Waals surface area (Å²) in [6.07, 6.45) is 3.96. The number of piperidine rings is 1. The summed E-state index contributed by atoms with van der Waals surface area (Å²) >= 11 is 0. The lowest BCUT2D eigenvalue weighted by atomic mass is 10.1. The Morgan fingerprint density at radius 1 is 1.26 bits per heavy atom. The van der Waals surface area contributed by atoms with E-state index in [4.69, 9.17) is 5.11 Å². The van der Waals surface area contributed by atoms with Gasteiger partial charge >= 0.3 is 5.97 Å². The third-order valence-corrected chi connectivity index (χ3v) is 3.75. The largest absolute Gasteiger partial charge is 0.478 e. The number of carboxylic acid groups (broad SMARTS) is 1. The highest BCUT2D eigenvalue weighted by atomic mass is 16.4. The Balaban J connectivity index is 1.82. The van der Waals surface area contributed by atoms with Crippen LogP contribution < -0.4 is 5.32 Å². The van der Waals surface area contributed by atoms with Crippen LogP contribution in [0.3, 0.4) is 0 Å². The molecular formula is C15H22N2O2. The van der Waals surface area contributed by atoms with E-state index >= 15 is 0 Å². The summed E-state index contributed by atoms with van der Waals surface area (Å²) in [5.41, 5.74) is 1.31. The van der Waals surface area contributed by atoms with Gasteiger partial charge in [0.1, 0.15) is 0 Å². The lowest BCUT2D eigenvalue weighted by Gasteiger charge is -2.32. The Labute approximate surface area is 114 Å². The van der Waals surface area contributed by atoms with Crippen LogP contribution in [-0.4, -0.2) is 41.7 Å². The molecule has 1 aliphatic rings. The van der Waals surface area contributed by atoms with Gasteiger partial charge in [0.2, 0.25) is 0 Å². The van der Waals surface area contributed by atoms with Crippen LogP contribution in [-0.2, 0) is 0 Å². The number of hydrogen-bond acceptors (Lipinski definition) is 3. The summed E-state index contributed by atoms with van der Waals surface area (Å²) in [6.45, 7) is 5.53. The highest BCUT2D eigenvalue weighted by molar-refractivity contribution is 5.87. The first-order valence-corrected chi connectivity index (χ1v) is 6.98. The molecule has 1 aliphatic heterocycles. The van der Waals surface area contributed by atoms with E-state index in [1.807, 2.05) is 12.1 Å². The maximum absolute atomic E-state index is 10.8. The lowest BCUT2D eigenvalue weighted by molar-refractivity contribution is 0.0697. The molecule has 0 saturated carbocycles. The molecule has 0 aromatic heterocycles. The van der Waals surface area contributed by atoms with Crippen molar-refractivity contribution in [3.63, 3.8) is 0 Å². The maximum Gasteiger partial charge on any atom is 0.335 e. The van der Waals surface area contributed by atoms with E-state index in [-0.39, 0.29) is 0 Å². The van der Waals surface area contributed by atoms with Gasteiger partial charge in [0.25, 0.3) is 0 Å². The van der Waals surface area contributed by atoms with Gasteiger partial charge in [-0.2, -0.15) is 0 Å². The van der Waals surface area contributed by atoms with E-state index < -0.39 is 5.97 Å². The van der Waals surface area contributed by atoms with Gasteiger partial charge in [-0.15, -0.1) is 0 Å². The van der Waals surface area contributed by atoms with Crippen LogP contribution in [0.4, 0.5) is 5.69 Å². The Kier molecular flexibility index (Phi) is 4.80. The van der Waals surface area contributed by atoms with E-state index in [2.05, 4.69) is 17.1 Å². The third-order valence-electron chi connectivity index (χ3n) is 3.75. The second-order valence-corrected chi connectivity index (χ2v) is 5.21. The number of aromatic carboxylic acids is 1. The SMILES string of the molecule is CC(CNc1ccc(C(=O)O)cc1)N1CCCCC1. The minimum absolute atomic E-state index is 0.328. The molecule has 1 atom stereocenters. The smallest absolute Gasteiger partial charge is 0.335 e. The summed E-state index contributed by atoms with van der Waals surface area (Å²) in [4.78, 5) is 13.3. The highest BCUT2D eigenvalue weighted by Crippen LogP contribution is 2.14. The number of hydrogen-bond donors (Lipinski definition) is 2. The van der Waals surface area contributed by atoms with Crippen LogP contribution >= 0.6 is 0 Å². The average Bonchev–Trinajstić information content (AvgIpc) is 2.46. The molecule has 4 heteroatoms. The fourth-order valence-electron chi connectivity index (χ4n) is 2.48. The summed E-state index contributed by atoms with van der Waals surface area (Å²) in [5, 5.41) is 12.2. The van der Waals surface area contributed by atoms with Gasteiger partial charge < -0.3 is 10.4 Å². The number of nitrogens with zero attached hydrogens (tertiary/aromatic N) is 1. The van der Waals surface area contributed by atoms with Crippen molar-refractivity contribution in [3.05, 3.63) is 29.8 Å². The van der Waals surface area contributed by atoms with Crippen molar-refractivity contribution in [1.82, 2.24) is 4.90 Å². The molecule has 1 aromatic carbocycles. The summed E-state index contributed by atoms with van der Waals surface area (Å²) in [5.74, 6) is -0.881. The number of nitrogens with one attached hydrogen (secondary N) is 1. The molecule has 0 spiro atoms. The van der Waals surface area contributed by atoms with Crippen molar-refractivity contribution < 1.29 is 9.90 Å². The van der Waals surface area contributed by atoms with Crippen LogP contribution in [0.15, 0.2) is 24.3 Å². The van der Waals surface area contributed by atoms with Crippen LogP contribution in [0.5, 0.6) is 0 Å². The number of likely N-dealkylation sites (tertiary alicyclic amines) is 1. The molecule has 0 amide bonds. The molecule has 1 aromatic rings. The Morgan fingerprint density at radius 3 is 2.47 bits per heavy atom. The number of carboxylic acids is 1. The standard InChI is InChI=1S/C15H22N2O2/c1-12(17-9-3-2-4-10-17)11-16-14-7-5-13(6-8-14)15(18)19/h5-8,12,16H,2-4,9-11H2,1H3,(H,18,19). The predicted octanol–water partition coefficient (Wildman–Crippen LogP) is 2.67. The molecule has 2 rings (SSSR count). The summed E-state index contributed by atoms with van der Waals surface area (Å²) in [7, 11) is 0. The summed E-state index contributed by atoms with van der Waals surface area (Å²) in [6, 6.07) is 7.44. The minimum atomic E-state index is -0.881. The van der Waals surface area contributed by atoms with Gasteiger partial charge in [0.05, 0.1) is 5.56 Å². The average molecular weight is 262 g/mol. The van der Waals surface area contributed by atoms with Gasteiger partial charge in [-0.1, -0.05) is 6.42 Å². The van der Waals surface area contributed by atoms with Gasteiger partial charge in [-0.25, -0.2) is 4.79 Å². The van der Waals surface area contributed by atoms with Gasteiger partial charge in [-0.05, 0) is 57.1 Å². The van der Waals surface area contributed by atoms with E-state index in [1.165, 1.54) is 32.4 Å². The molecule has 2 N–H and O–H groups in total. The molecule has 104 valence electrons. The molecule has 1 saturated heterocycles. The molecule has 0 radical (unpaired) electrons. The number of anilines is 1. The van der Waals surface area contributed by atoms with E-state index in [9.17, 15) is 4.79 Å². The normalized spacial score (nSPS) is 17.9. The molecule has 1 fully saturated rings. The third kappa shape index (κ3) is 3.96. The van der Waals surface area contributed by atoms with Crippen molar-refractivity contribution in [2.24, 2.45) is 0 Å². The van der Waals surface area contributed by atoms with E-state index in [1.54, 1.807) is 12.1 Å². The second-order valence-electron chi connectivity index (χ2n) is 5.21. The molecular weight excluding hydrogens is 240 g/mol. The monoisotopic (exact) mass is 262 g/mol. The topological polar surface area (TPSA) is 52.6 Å². The van der Waals surface area contributed by atoms with Crippen molar-refractivity contribution in [2.75, 3.05) is 25.0 Å². The van der Waals surface area contributed by atoms with Crippen molar-refractivity contribution in [1.29, 1.82) is 0 Å². The molecule has 4 nitrogen and oxygen atoms in total. The Hall–Kier alpha value is -1.55. The first kappa shape index (κ1) is 13.9. The number of rotatable bonds is 5. The highest BCUT2D eigenvalue weighted by Gasteiger charge is 2.16. The quantitative estimate of drug-likeness (QED) is 0.856. The first-order valence-electron chi connectivity index (χ1n) is 6.98. The Morgan fingerprint density at radius 2 is 1.89 bits per heavy atom. The van der Waals surface area contributed by atoms with Crippen LogP contribution in [0.25, 0.3) is 0 Å². The molecule has 0 bridgehead atoms. The first-order chi connectivity index (χ1) is 9.16. The zero-order chi connectivity index (χ0) is 13.7. The molecule has 1 heterocycles. The second kappa shape index (κ2) is 6.57. The van der Waals surface area contributed by atoms with Crippen LogP contribution in [0.2, 0.25) is 0 Å². The van der Waals surface area contributed by atoms with Crippen molar-refractivity contribution >= 4 is 11.7 Å². The maximum atomic E-state index is 10.8. The van der Waals surface area contributed by atoms with Crippen molar-refractivity contribution in [3.8, 4) is 0 Å². The van der Waals surface area contributed by atoms with Crippen molar-refractivity contribution in [2.45, 2.75) is 32.2 Å². The van der Waals surface area contributed by atoms with Gasteiger partial charge in [-0.3, -0.25) is 4.90 Å². The zero-order valence-corrected chi connectivity index (χ0v) is 11.4. The molecule has 1 unspecified atom stereocenters. The van der Waals surface area contributed by atoms with Crippen LogP contribution in [0, 0.1) is 0 Å². The lowest BCUT2D eigenvalue weighted by Crippen LogP contribution is -2.41. The number of carbonyl (C=O) groups is 1. The van der Waals surface area contributed by atoms with Crippen LogP contribution in [0.1, 0.15) is 36.5 Å². The minimum Gasteiger partial charge on any atom is -0.478 e. The summed E-state index contributed by atoms with van der Waals surface area (Å²) < 4.78 is 0.